The van der Waals surface area contributed by atoms with Gasteiger partial charge in [0.25, 0.3) is 0 Å². The van der Waals surface area contributed by atoms with Crippen molar-refractivity contribution in [1.29, 1.82) is 42.1 Å². The maximum Gasteiger partial charge on any atom is 0.141 e. The van der Waals surface area contributed by atoms with E-state index >= 15 is 13.2 Å². The van der Waals surface area contributed by atoms with Crippen LogP contribution >= 0.6 is 0 Å². The molecule has 0 aliphatic heterocycles. The molecule has 2 aliphatic carbocycles. The smallest absolute Gasteiger partial charge is 0.141 e. The summed E-state index contributed by atoms with van der Waals surface area (Å²) in [7, 11) is 0. The molecule has 5 rings (SSSR count). The molecule has 3 aromatic rings. The zero-order chi connectivity index (χ0) is 34.3. The third-order valence-electron chi connectivity index (χ3n) is 7.37. The fourth-order valence-corrected chi connectivity index (χ4v) is 5.51. The third-order valence-corrected chi connectivity index (χ3v) is 7.37. The second-order valence-corrected chi connectivity index (χ2v) is 9.55. The van der Waals surface area contributed by atoms with Gasteiger partial charge in [-0.2, -0.15) is 42.1 Å². The summed E-state index contributed by atoms with van der Waals surface area (Å²) in [6, 6.07) is 15.3. The number of rotatable bonds is 2. The molecule has 0 heterocycles. The van der Waals surface area contributed by atoms with Crippen LogP contribution in [-0.2, 0) is 0 Å². The van der Waals surface area contributed by atoms with Crippen LogP contribution in [-0.4, -0.2) is 0 Å². The van der Waals surface area contributed by atoms with Gasteiger partial charge < -0.3 is 0 Å². The van der Waals surface area contributed by atoms with E-state index in [-0.39, 0.29) is 0 Å². The summed E-state index contributed by atoms with van der Waals surface area (Å²) in [4.78, 5) is 0. The number of nitriles is 8. The quantitative estimate of drug-likeness (QED) is 0.225. The number of fused-ring (bicyclic) bond motifs is 2. The molecule has 0 bridgehead atoms. The van der Waals surface area contributed by atoms with E-state index in [2.05, 4.69) is 0 Å². The Hall–Kier alpha value is -7.81. The van der Waals surface area contributed by atoms with E-state index in [1.165, 1.54) is 12.1 Å². The predicted octanol–water partition coefficient (Wildman–Crippen LogP) is 6.62. The number of nitrogens with zero attached hydrogens (tertiary/aromatic N) is 8. The van der Waals surface area contributed by atoms with Crippen LogP contribution < -0.4 is 0 Å². The van der Waals surface area contributed by atoms with Gasteiger partial charge in [-0.05, 0) is 41.5 Å². The van der Waals surface area contributed by atoms with Crippen LogP contribution in [0.3, 0.4) is 0 Å². The SMILES string of the molecule is N#CC(C#N)=C1C(c2cc(F)c(C#N)cc2F)=C(C#N)c2c1cc1c(c2F)C(C#N)=C(c2cc(F)c(C#N)cc2F)C1=C(C#N)C#N. The number of hydrogen-bond donors (Lipinski definition) is 0. The molecule has 0 saturated heterocycles. The summed E-state index contributed by atoms with van der Waals surface area (Å²) in [6.45, 7) is 0. The lowest BCUT2D eigenvalue weighted by Crippen LogP contribution is -2.00. The van der Waals surface area contributed by atoms with Crippen LogP contribution in [0.15, 0.2) is 41.5 Å². The Morgan fingerprint density at radius 2 is 0.787 bits per heavy atom. The van der Waals surface area contributed by atoms with Crippen molar-refractivity contribution < 1.29 is 22.0 Å². The average Bonchev–Trinajstić information content (AvgIpc) is 3.57. The maximum absolute atomic E-state index is 16.8. The lowest BCUT2D eigenvalue weighted by Gasteiger charge is -2.13. The van der Waals surface area contributed by atoms with Crippen molar-refractivity contribution in [1.82, 2.24) is 0 Å². The molecule has 0 unspecified atom stereocenters. The number of benzene rings is 3. The fourth-order valence-electron chi connectivity index (χ4n) is 5.51. The highest BCUT2D eigenvalue weighted by Gasteiger charge is 2.42. The van der Waals surface area contributed by atoms with Crippen molar-refractivity contribution >= 4 is 33.4 Å². The molecule has 0 spiro atoms. The molecule has 0 atom stereocenters. The molecule has 3 aromatic carbocycles. The number of allylic oxidation sites excluding steroid dienone is 8. The molecule has 8 nitrogen and oxygen atoms in total. The van der Waals surface area contributed by atoms with E-state index in [0.29, 0.717) is 24.3 Å². The van der Waals surface area contributed by atoms with Gasteiger partial charge in [0.2, 0.25) is 0 Å². The van der Waals surface area contributed by atoms with Gasteiger partial charge in [0.05, 0.1) is 22.3 Å². The van der Waals surface area contributed by atoms with E-state index in [1.807, 2.05) is 0 Å². The first kappa shape index (κ1) is 30.6. The first-order valence-electron chi connectivity index (χ1n) is 12.6. The summed E-state index contributed by atoms with van der Waals surface area (Å²) in [5.41, 5.74) is -10.6. The Labute approximate surface area is 261 Å². The van der Waals surface area contributed by atoms with Gasteiger partial charge >= 0.3 is 0 Å². The van der Waals surface area contributed by atoms with Gasteiger partial charge in [-0.25, -0.2) is 22.0 Å². The Balaban J connectivity index is 2.02. The highest BCUT2D eigenvalue weighted by atomic mass is 19.1. The highest BCUT2D eigenvalue weighted by Crippen LogP contribution is 2.56. The van der Waals surface area contributed by atoms with Crippen LogP contribution in [0.2, 0.25) is 0 Å². The molecular weight excluding hydrogens is 615 g/mol. The van der Waals surface area contributed by atoms with Crippen molar-refractivity contribution in [3.8, 4) is 48.6 Å². The number of hydrogen-bond acceptors (Lipinski definition) is 8. The highest BCUT2D eigenvalue weighted by molar-refractivity contribution is 6.30. The van der Waals surface area contributed by atoms with Crippen LogP contribution in [0.1, 0.15) is 44.5 Å². The van der Waals surface area contributed by atoms with Crippen molar-refractivity contribution in [2.75, 3.05) is 0 Å². The van der Waals surface area contributed by atoms with Gasteiger partial charge in [-0.15, -0.1) is 0 Å². The molecule has 0 fully saturated rings. The average molecular weight is 620 g/mol. The Morgan fingerprint density at radius 1 is 0.426 bits per heavy atom. The van der Waals surface area contributed by atoms with Crippen molar-refractivity contribution in [2.24, 2.45) is 0 Å². The zero-order valence-corrected chi connectivity index (χ0v) is 22.9. The molecule has 0 amide bonds. The first-order valence-corrected chi connectivity index (χ1v) is 12.6. The van der Waals surface area contributed by atoms with E-state index in [4.69, 9.17) is 10.5 Å². The van der Waals surface area contributed by atoms with Crippen molar-refractivity contribution in [3.63, 3.8) is 0 Å². The molecule has 13 heteroatoms. The first-order chi connectivity index (χ1) is 22.6. The van der Waals surface area contributed by atoms with Crippen LogP contribution in [0.4, 0.5) is 22.0 Å². The summed E-state index contributed by atoms with van der Waals surface area (Å²) in [5, 5.41) is 77.8. The molecule has 216 valence electrons. The largest absolute Gasteiger partial charge is 0.206 e. The normalized spacial score (nSPS) is 12.4. The second-order valence-electron chi connectivity index (χ2n) is 9.55. The Morgan fingerprint density at radius 3 is 1.09 bits per heavy atom. The van der Waals surface area contributed by atoms with E-state index in [9.17, 15) is 40.4 Å². The standard InChI is InChI=1S/C34H5F5N8/c35-24-4-18(26(37)1-14(24)6-40)30-22(12-46)32-20(28(30)16(8-42)9-43)3-21-29(17(10-44)11-45)31(23(13-47)33(21)34(32)39)19-5-25(36)15(7-41)2-27(19)38/h1-5H. The van der Waals surface area contributed by atoms with E-state index < -0.39 is 118 Å². The predicted molar refractivity (Wildman–Crippen MR) is 150 cm³/mol. The minimum atomic E-state index is -1.43. The van der Waals surface area contributed by atoms with Crippen LogP contribution in [0, 0.1) is 120 Å². The Kier molecular flexibility index (Phi) is 7.41. The van der Waals surface area contributed by atoms with Gasteiger partial charge in [0.1, 0.15) is 88.8 Å². The molecule has 0 radical (unpaired) electrons. The molecule has 0 saturated carbocycles. The molecule has 2 aliphatic rings. The second kappa shape index (κ2) is 11.4. The molecule has 0 N–H and O–H groups in total. The number of halogens is 5. The fraction of sp³-hybridized carbons (Fsp3) is 0. The summed E-state index contributed by atoms with van der Waals surface area (Å²) in [5.74, 6) is -6.50. The van der Waals surface area contributed by atoms with Gasteiger partial charge in [-0.1, -0.05) is 0 Å². The summed E-state index contributed by atoms with van der Waals surface area (Å²) >= 11 is 0. The monoisotopic (exact) mass is 620 g/mol. The maximum atomic E-state index is 16.8. The molecular formula is C34H5F5N8. The minimum Gasteiger partial charge on any atom is -0.206 e. The topological polar surface area (TPSA) is 190 Å². The summed E-state index contributed by atoms with van der Waals surface area (Å²) in [6.07, 6.45) is 0. The lowest BCUT2D eigenvalue weighted by atomic mass is 9.88. The van der Waals surface area contributed by atoms with E-state index in [0.717, 1.165) is 6.07 Å². The van der Waals surface area contributed by atoms with Gasteiger partial charge in [-0.3, -0.25) is 0 Å². The molecule has 0 aromatic heterocycles. The molecule has 47 heavy (non-hydrogen) atoms. The minimum absolute atomic E-state index is 0.451. The summed E-state index contributed by atoms with van der Waals surface area (Å²) < 4.78 is 77.0. The van der Waals surface area contributed by atoms with Crippen molar-refractivity contribution in [2.45, 2.75) is 0 Å². The lowest BCUT2D eigenvalue weighted by molar-refractivity contribution is 0.594. The Bertz CT molecular complexity index is 2340. The zero-order valence-electron chi connectivity index (χ0n) is 22.9. The van der Waals surface area contributed by atoms with Crippen LogP contribution in [0.25, 0.3) is 33.4 Å². The van der Waals surface area contributed by atoms with Gasteiger partial charge in [0, 0.05) is 44.5 Å². The van der Waals surface area contributed by atoms with Gasteiger partial charge in [0.15, 0.2) is 0 Å². The van der Waals surface area contributed by atoms with Crippen LogP contribution in [0.5, 0.6) is 0 Å². The van der Waals surface area contributed by atoms with E-state index in [1.54, 1.807) is 36.4 Å². The third kappa shape index (κ3) is 4.27. The van der Waals surface area contributed by atoms with Crippen molar-refractivity contribution in [3.05, 3.63) is 115 Å².